The molecule has 4 nitrogen and oxygen atoms in total. The standard InChI is InChI=1S/C28H28NO3P/c1-2-3-4-5-16-32-22-12-10-20(11-13-22)19-6-8-21(9-7-19)27-18-25(28(30)31)24-17-23(33)14-15-26(24)29-27/h6-15,17-18H,2-5,16,33H2,1H3,(H,30,31). The molecule has 1 aromatic heterocycles. The normalized spacial score (nSPS) is 11.0. The van der Waals surface area contributed by atoms with E-state index in [-0.39, 0.29) is 5.56 Å². The van der Waals surface area contributed by atoms with Crippen LogP contribution in [-0.2, 0) is 0 Å². The minimum Gasteiger partial charge on any atom is -0.494 e. The number of aromatic carboxylic acids is 1. The molecule has 0 fully saturated rings. The van der Waals surface area contributed by atoms with E-state index in [2.05, 4.69) is 28.3 Å². The van der Waals surface area contributed by atoms with E-state index in [1.165, 1.54) is 19.3 Å². The Labute approximate surface area is 196 Å². The van der Waals surface area contributed by atoms with E-state index in [0.717, 1.165) is 40.8 Å². The Hall–Kier alpha value is -3.23. The molecule has 0 saturated carbocycles. The number of pyridine rings is 1. The molecule has 0 radical (unpaired) electrons. The van der Waals surface area contributed by atoms with E-state index in [1.54, 1.807) is 6.07 Å². The molecule has 1 N–H and O–H groups in total. The average Bonchev–Trinajstić information content (AvgIpc) is 2.83. The minimum absolute atomic E-state index is 0.258. The number of rotatable bonds is 9. The molecule has 0 aliphatic heterocycles. The van der Waals surface area contributed by atoms with Crippen LogP contribution in [0.4, 0.5) is 0 Å². The molecule has 4 aromatic rings. The lowest BCUT2D eigenvalue weighted by molar-refractivity contribution is 0.0699. The molecule has 1 unspecified atom stereocenters. The van der Waals surface area contributed by atoms with Gasteiger partial charge in [0, 0.05) is 10.9 Å². The predicted octanol–water partition coefficient (Wildman–Crippen LogP) is 6.73. The maximum atomic E-state index is 11.8. The number of hydrogen-bond acceptors (Lipinski definition) is 3. The maximum Gasteiger partial charge on any atom is 0.336 e. The maximum absolute atomic E-state index is 11.8. The van der Waals surface area contributed by atoms with Gasteiger partial charge in [-0.3, -0.25) is 0 Å². The molecule has 0 saturated heterocycles. The first kappa shape index (κ1) is 22.9. The molecule has 33 heavy (non-hydrogen) atoms. The van der Waals surface area contributed by atoms with Gasteiger partial charge in [-0.1, -0.05) is 68.7 Å². The van der Waals surface area contributed by atoms with Crippen molar-refractivity contribution < 1.29 is 14.6 Å². The summed E-state index contributed by atoms with van der Waals surface area (Å²) in [7, 11) is 2.60. The van der Waals surface area contributed by atoms with Crippen LogP contribution in [-0.4, -0.2) is 22.7 Å². The van der Waals surface area contributed by atoms with Gasteiger partial charge >= 0.3 is 5.97 Å². The van der Waals surface area contributed by atoms with Crippen molar-refractivity contribution >= 4 is 31.4 Å². The summed E-state index contributed by atoms with van der Waals surface area (Å²) in [5.41, 5.74) is 4.64. The number of aromatic nitrogens is 1. The molecule has 0 spiro atoms. The Bertz CT molecular complexity index is 1250. The Balaban J connectivity index is 1.52. The minimum atomic E-state index is -0.955. The Morgan fingerprint density at radius 1 is 0.879 bits per heavy atom. The fraction of sp³-hybridized carbons (Fsp3) is 0.214. The van der Waals surface area contributed by atoms with Gasteiger partial charge in [-0.2, -0.15) is 0 Å². The van der Waals surface area contributed by atoms with Gasteiger partial charge in [0.2, 0.25) is 0 Å². The summed E-state index contributed by atoms with van der Waals surface area (Å²) in [5, 5.41) is 11.3. The van der Waals surface area contributed by atoms with Crippen LogP contribution in [0.5, 0.6) is 5.75 Å². The van der Waals surface area contributed by atoms with E-state index < -0.39 is 5.97 Å². The number of benzene rings is 3. The van der Waals surface area contributed by atoms with Crippen molar-refractivity contribution in [2.45, 2.75) is 32.6 Å². The van der Waals surface area contributed by atoms with E-state index in [1.807, 2.05) is 54.6 Å². The lowest BCUT2D eigenvalue weighted by Gasteiger charge is -2.10. The third-order valence-electron chi connectivity index (χ3n) is 5.70. The van der Waals surface area contributed by atoms with Gasteiger partial charge in [-0.15, -0.1) is 9.24 Å². The predicted molar refractivity (Wildman–Crippen MR) is 139 cm³/mol. The number of carboxylic acids is 1. The molecular weight excluding hydrogens is 429 g/mol. The Morgan fingerprint density at radius 2 is 1.55 bits per heavy atom. The topological polar surface area (TPSA) is 59.4 Å². The summed E-state index contributed by atoms with van der Waals surface area (Å²) in [6.07, 6.45) is 4.77. The van der Waals surface area contributed by atoms with E-state index >= 15 is 0 Å². The van der Waals surface area contributed by atoms with Gasteiger partial charge in [0.05, 0.1) is 23.4 Å². The molecule has 0 bridgehead atoms. The second-order valence-corrected chi connectivity index (χ2v) is 8.81. The average molecular weight is 458 g/mol. The first-order chi connectivity index (χ1) is 16.0. The van der Waals surface area contributed by atoms with E-state index in [0.29, 0.717) is 16.6 Å². The summed E-state index contributed by atoms with van der Waals surface area (Å²) < 4.78 is 5.84. The van der Waals surface area contributed by atoms with Crippen molar-refractivity contribution in [3.05, 3.63) is 78.4 Å². The smallest absolute Gasteiger partial charge is 0.336 e. The molecule has 0 aliphatic rings. The first-order valence-corrected chi connectivity index (χ1v) is 11.9. The summed E-state index contributed by atoms with van der Waals surface area (Å²) in [6, 6.07) is 23.4. The second kappa shape index (κ2) is 10.6. The van der Waals surface area contributed by atoms with Crippen LogP contribution in [0, 0.1) is 0 Å². The van der Waals surface area contributed by atoms with Crippen LogP contribution in [0.25, 0.3) is 33.3 Å². The third-order valence-corrected chi connectivity index (χ3v) is 6.06. The van der Waals surface area contributed by atoms with E-state index in [9.17, 15) is 9.90 Å². The lowest BCUT2D eigenvalue weighted by atomic mass is 10.0. The summed E-state index contributed by atoms with van der Waals surface area (Å²) >= 11 is 0. The van der Waals surface area contributed by atoms with Crippen LogP contribution in [0.1, 0.15) is 43.0 Å². The lowest BCUT2D eigenvalue weighted by Crippen LogP contribution is -2.02. The van der Waals surface area contributed by atoms with E-state index in [4.69, 9.17) is 9.72 Å². The summed E-state index contributed by atoms with van der Waals surface area (Å²) in [6.45, 7) is 2.96. The van der Waals surface area contributed by atoms with Crippen molar-refractivity contribution in [2.24, 2.45) is 0 Å². The van der Waals surface area contributed by atoms with Gasteiger partial charge in [0.1, 0.15) is 5.75 Å². The van der Waals surface area contributed by atoms with Gasteiger partial charge in [-0.25, -0.2) is 9.78 Å². The molecule has 5 heteroatoms. The van der Waals surface area contributed by atoms with Crippen LogP contribution in [0.2, 0.25) is 0 Å². The second-order valence-electron chi connectivity index (χ2n) is 8.15. The van der Waals surface area contributed by atoms with Crippen molar-refractivity contribution in [1.82, 2.24) is 4.98 Å². The number of unbranched alkanes of at least 4 members (excludes halogenated alkanes) is 3. The molecule has 1 heterocycles. The quantitative estimate of drug-likeness (QED) is 0.224. The van der Waals surface area contributed by atoms with Gasteiger partial charge < -0.3 is 9.84 Å². The van der Waals surface area contributed by atoms with Gasteiger partial charge in [0.15, 0.2) is 0 Å². The van der Waals surface area contributed by atoms with Gasteiger partial charge in [-0.05, 0) is 53.2 Å². The van der Waals surface area contributed by atoms with Crippen molar-refractivity contribution in [1.29, 1.82) is 0 Å². The van der Waals surface area contributed by atoms with Crippen LogP contribution < -0.4 is 10.0 Å². The van der Waals surface area contributed by atoms with Crippen molar-refractivity contribution in [3.63, 3.8) is 0 Å². The summed E-state index contributed by atoms with van der Waals surface area (Å²) in [4.78, 5) is 16.5. The zero-order valence-electron chi connectivity index (χ0n) is 18.8. The molecule has 3 aromatic carbocycles. The highest BCUT2D eigenvalue weighted by Crippen LogP contribution is 2.28. The Kier molecular flexibility index (Phi) is 7.36. The van der Waals surface area contributed by atoms with Gasteiger partial charge in [0.25, 0.3) is 0 Å². The number of ether oxygens (including phenoxy) is 1. The highest BCUT2D eigenvalue weighted by molar-refractivity contribution is 7.27. The van der Waals surface area contributed by atoms with Crippen LogP contribution in [0.3, 0.4) is 0 Å². The molecule has 4 rings (SSSR count). The Morgan fingerprint density at radius 3 is 2.21 bits per heavy atom. The molecular formula is C28H28NO3P. The van der Waals surface area contributed by atoms with Crippen molar-refractivity contribution in [3.8, 4) is 28.1 Å². The zero-order chi connectivity index (χ0) is 23.2. The fourth-order valence-corrected chi connectivity index (χ4v) is 4.13. The number of fused-ring (bicyclic) bond motifs is 1. The summed E-state index contributed by atoms with van der Waals surface area (Å²) in [5.74, 6) is -0.0642. The number of carbonyl (C=O) groups is 1. The third kappa shape index (κ3) is 5.58. The number of hydrogen-bond donors (Lipinski definition) is 1. The highest BCUT2D eigenvalue weighted by Gasteiger charge is 2.13. The molecule has 0 aliphatic carbocycles. The zero-order valence-corrected chi connectivity index (χ0v) is 19.9. The fourth-order valence-electron chi connectivity index (χ4n) is 3.86. The molecule has 1 atom stereocenters. The highest BCUT2D eigenvalue weighted by atomic mass is 31.0. The molecule has 0 amide bonds. The first-order valence-electron chi connectivity index (χ1n) is 11.3. The van der Waals surface area contributed by atoms with Crippen molar-refractivity contribution in [2.75, 3.05) is 6.61 Å². The monoisotopic (exact) mass is 457 g/mol. The number of nitrogens with zero attached hydrogens (tertiary/aromatic N) is 1. The largest absolute Gasteiger partial charge is 0.494 e. The van der Waals surface area contributed by atoms with Crippen LogP contribution >= 0.6 is 9.24 Å². The van der Waals surface area contributed by atoms with Crippen LogP contribution in [0.15, 0.2) is 72.8 Å². The molecule has 168 valence electrons. The SMILES string of the molecule is CCCCCCOc1ccc(-c2ccc(-c3cc(C(=O)O)c4cc(P)ccc4n3)cc2)cc1. The number of carboxylic acid groups (broad SMARTS) is 1.